The highest BCUT2D eigenvalue weighted by Gasteiger charge is 2.72. The second-order valence-corrected chi connectivity index (χ2v) is 9.44. The summed E-state index contributed by atoms with van der Waals surface area (Å²) in [6, 6.07) is 0. The molecule has 0 radical (unpaired) electrons. The monoisotopic (exact) mass is 340 g/mol. The minimum absolute atomic E-state index is 0.0203. The summed E-state index contributed by atoms with van der Waals surface area (Å²) in [4.78, 5) is 0. The fourth-order valence-corrected chi connectivity index (χ4v) is 5.94. The third kappa shape index (κ3) is 2.76. The van der Waals surface area contributed by atoms with Crippen LogP contribution in [-0.2, 0) is 0 Å². The fourth-order valence-electron chi connectivity index (χ4n) is 5.94. The Morgan fingerprint density at radius 1 is 1.12 bits per heavy atom. The Morgan fingerprint density at radius 3 is 2.25 bits per heavy atom. The van der Waals surface area contributed by atoms with Gasteiger partial charge < -0.3 is 20.4 Å². The van der Waals surface area contributed by atoms with E-state index in [0.29, 0.717) is 11.8 Å². The van der Waals surface area contributed by atoms with Crippen LogP contribution >= 0.6 is 0 Å². The normalized spacial score (nSPS) is 41.3. The molecule has 2 aliphatic rings. The first-order chi connectivity index (χ1) is 10.8. The second-order valence-electron chi connectivity index (χ2n) is 9.44. The van der Waals surface area contributed by atoms with Crippen molar-refractivity contribution < 1.29 is 20.4 Å². The van der Waals surface area contributed by atoms with Crippen LogP contribution in [0.3, 0.4) is 0 Å². The van der Waals surface area contributed by atoms with Crippen LogP contribution in [0.15, 0.2) is 12.7 Å². The van der Waals surface area contributed by atoms with E-state index < -0.39 is 17.0 Å². The van der Waals surface area contributed by atoms with E-state index in [-0.39, 0.29) is 23.7 Å². The quantitative estimate of drug-likeness (QED) is 0.468. The van der Waals surface area contributed by atoms with Crippen molar-refractivity contribution >= 4 is 0 Å². The van der Waals surface area contributed by atoms with Crippen molar-refractivity contribution in [2.24, 2.45) is 34.5 Å². The molecule has 2 saturated carbocycles. The molecule has 0 aromatic rings. The molecule has 140 valence electrons. The molecule has 0 unspecified atom stereocenters. The minimum atomic E-state index is -2.52. The molecule has 0 saturated heterocycles. The summed E-state index contributed by atoms with van der Waals surface area (Å²) in [7, 11) is 0. The average Bonchev–Trinajstić information content (AvgIpc) is 2.43. The first-order valence-corrected chi connectivity index (χ1v) is 9.33. The highest BCUT2D eigenvalue weighted by Crippen LogP contribution is 2.66. The van der Waals surface area contributed by atoms with Crippen molar-refractivity contribution in [1.82, 2.24) is 0 Å². The minimum Gasteiger partial charge on any atom is -0.361 e. The maximum Gasteiger partial charge on any atom is 0.224 e. The Bertz CT molecular complexity index is 482. The van der Waals surface area contributed by atoms with Crippen LogP contribution in [0.4, 0.5) is 0 Å². The van der Waals surface area contributed by atoms with Gasteiger partial charge in [0, 0.05) is 11.8 Å². The van der Waals surface area contributed by atoms with Gasteiger partial charge in [0.15, 0.2) is 0 Å². The van der Waals surface area contributed by atoms with Crippen LogP contribution in [0.25, 0.3) is 0 Å². The van der Waals surface area contributed by atoms with E-state index in [2.05, 4.69) is 20.4 Å². The molecule has 2 fully saturated rings. The van der Waals surface area contributed by atoms with E-state index in [1.54, 1.807) is 0 Å². The highest BCUT2D eigenvalue weighted by atomic mass is 16.6. The first kappa shape index (κ1) is 19.9. The predicted octanol–water partition coefficient (Wildman–Crippen LogP) is 3.05. The molecule has 4 N–H and O–H groups in total. The molecule has 0 bridgehead atoms. The summed E-state index contributed by atoms with van der Waals surface area (Å²) in [6.07, 6.45) is 5.56. The molecule has 2 rings (SSSR count). The van der Waals surface area contributed by atoms with Gasteiger partial charge in [-0.2, -0.15) is 0 Å². The molecule has 0 aromatic carbocycles. The van der Waals surface area contributed by atoms with Crippen molar-refractivity contribution in [3.8, 4) is 0 Å². The Kier molecular flexibility index (Phi) is 5.04. The van der Waals surface area contributed by atoms with Crippen LogP contribution < -0.4 is 0 Å². The van der Waals surface area contributed by atoms with Crippen molar-refractivity contribution in [1.29, 1.82) is 0 Å². The van der Waals surface area contributed by atoms with Gasteiger partial charge in [-0.15, -0.1) is 6.58 Å². The zero-order valence-corrected chi connectivity index (χ0v) is 15.9. The summed E-state index contributed by atoms with van der Waals surface area (Å²) in [5, 5.41) is 42.9. The average molecular weight is 341 g/mol. The lowest BCUT2D eigenvalue weighted by Gasteiger charge is -2.66. The molecule has 0 aliphatic heterocycles. The summed E-state index contributed by atoms with van der Waals surface area (Å²) in [5.74, 6) is -4.29. The molecule has 0 heterocycles. The van der Waals surface area contributed by atoms with Crippen molar-refractivity contribution in [2.45, 2.75) is 78.3 Å². The summed E-state index contributed by atoms with van der Waals surface area (Å²) < 4.78 is 0. The number of aliphatic hydroxyl groups is 4. The van der Waals surface area contributed by atoms with Gasteiger partial charge in [-0.3, -0.25) is 0 Å². The summed E-state index contributed by atoms with van der Waals surface area (Å²) >= 11 is 0. The van der Waals surface area contributed by atoms with E-state index in [0.717, 1.165) is 25.7 Å². The third-order valence-corrected chi connectivity index (χ3v) is 7.38. The Labute approximate surface area is 146 Å². The van der Waals surface area contributed by atoms with E-state index in [1.165, 1.54) is 0 Å². The Balaban J connectivity index is 2.48. The van der Waals surface area contributed by atoms with Crippen LogP contribution in [0.5, 0.6) is 0 Å². The van der Waals surface area contributed by atoms with Crippen molar-refractivity contribution in [3.63, 3.8) is 0 Å². The molecule has 0 spiro atoms. The lowest BCUT2D eigenvalue weighted by atomic mass is 9.42. The lowest BCUT2D eigenvalue weighted by Crippen LogP contribution is -2.75. The zero-order valence-electron chi connectivity index (χ0n) is 15.9. The number of rotatable bonds is 4. The van der Waals surface area contributed by atoms with Gasteiger partial charge >= 0.3 is 0 Å². The predicted molar refractivity (Wildman–Crippen MR) is 94.8 cm³/mol. The maximum atomic E-state index is 10.9. The molecule has 24 heavy (non-hydrogen) atoms. The topological polar surface area (TPSA) is 80.9 Å². The second kappa shape index (κ2) is 6.08. The molecular formula is C20H36O4. The van der Waals surface area contributed by atoms with Crippen LogP contribution in [-0.4, -0.2) is 32.0 Å². The van der Waals surface area contributed by atoms with E-state index in [9.17, 15) is 20.4 Å². The largest absolute Gasteiger partial charge is 0.361 e. The van der Waals surface area contributed by atoms with Crippen LogP contribution in [0.2, 0.25) is 0 Å². The van der Waals surface area contributed by atoms with E-state index >= 15 is 0 Å². The number of fused-ring (bicyclic) bond motifs is 1. The van der Waals surface area contributed by atoms with Gasteiger partial charge in [0.1, 0.15) is 0 Å². The van der Waals surface area contributed by atoms with Crippen LogP contribution in [0, 0.1) is 34.5 Å². The van der Waals surface area contributed by atoms with Crippen LogP contribution in [0.1, 0.15) is 66.7 Å². The SMILES string of the molecule is C=C[C@@H](C)CC[C@H]1[C@@H](C)CC[C@H]2C(C)(C)CC(O)(O)C(O)(O)[C@]12C. The molecule has 0 aromatic heterocycles. The molecule has 0 amide bonds. The lowest BCUT2D eigenvalue weighted by molar-refractivity contribution is -0.449. The number of hydrogen-bond donors (Lipinski definition) is 4. The first-order valence-electron chi connectivity index (χ1n) is 9.33. The zero-order chi connectivity index (χ0) is 18.6. The standard InChI is InChI=1S/C20H36O4/c1-7-13(2)8-10-15-14(3)9-11-16-17(4,5)12-19(21,22)20(23,24)18(15,16)6/h7,13-16,21-24H,1,8-12H2,2-6H3/t13-,14+,15+,16+,18-/m1/s1. The van der Waals surface area contributed by atoms with Gasteiger partial charge in [-0.25, -0.2) is 0 Å². The van der Waals surface area contributed by atoms with Crippen molar-refractivity contribution in [3.05, 3.63) is 12.7 Å². The molecule has 5 atom stereocenters. The number of allylic oxidation sites excluding steroid dienone is 1. The fraction of sp³-hybridized carbons (Fsp3) is 0.900. The van der Waals surface area contributed by atoms with E-state index in [4.69, 9.17) is 0 Å². The van der Waals surface area contributed by atoms with Gasteiger partial charge in [-0.05, 0) is 48.3 Å². The Hall–Kier alpha value is -0.420. The molecule has 4 heteroatoms. The highest BCUT2D eigenvalue weighted by molar-refractivity contribution is 5.14. The summed E-state index contributed by atoms with van der Waals surface area (Å²) in [6.45, 7) is 14.0. The molecular weight excluding hydrogens is 304 g/mol. The van der Waals surface area contributed by atoms with Gasteiger partial charge in [0.05, 0.1) is 0 Å². The number of hydrogen-bond acceptors (Lipinski definition) is 4. The maximum absolute atomic E-state index is 10.9. The third-order valence-electron chi connectivity index (χ3n) is 7.38. The van der Waals surface area contributed by atoms with E-state index in [1.807, 2.05) is 26.8 Å². The Morgan fingerprint density at radius 2 is 1.71 bits per heavy atom. The molecule has 2 aliphatic carbocycles. The smallest absolute Gasteiger partial charge is 0.224 e. The van der Waals surface area contributed by atoms with Gasteiger partial charge in [0.2, 0.25) is 11.6 Å². The molecule has 4 nitrogen and oxygen atoms in total. The van der Waals surface area contributed by atoms with Gasteiger partial charge in [0.25, 0.3) is 0 Å². The summed E-state index contributed by atoms with van der Waals surface area (Å²) in [5.41, 5.74) is -1.33. The van der Waals surface area contributed by atoms with Gasteiger partial charge in [-0.1, -0.05) is 47.1 Å². The van der Waals surface area contributed by atoms with Crippen molar-refractivity contribution in [2.75, 3.05) is 0 Å².